The quantitative estimate of drug-likeness (QED) is 0.725. The summed E-state index contributed by atoms with van der Waals surface area (Å²) in [6, 6.07) is 6.04. The van der Waals surface area contributed by atoms with E-state index >= 15 is 0 Å². The first-order valence-electron chi connectivity index (χ1n) is 5.68. The average molecular weight is 219 g/mol. The van der Waals surface area contributed by atoms with E-state index in [1.54, 1.807) is 4.90 Å². The second-order valence-electron chi connectivity index (χ2n) is 4.24. The molecule has 0 spiro atoms. The molecular weight excluding hydrogens is 202 g/mol. The summed E-state index contributed by atoms with van der Waals surface area (Å²) in [6.07, 6.45) is 1.35. The SMILES string of the molecule is CCc1ccc2c(c1)N(C)C(=O)CC(C)O2. The molecule has 0 saturated heterocycles. The van der Waals surface area contributed by atoms with Gasteiger partial charge < -0.3 is 9.64 Å². The number of nitrogens with zero attached hydrogens (tertiary/aromatic N) is 1. The number of hydrogen-bond acceptors (Lipinski definition) is 2. The summed E-state index contributed by atoms with van der Waals surface area (Å²) in [5.41, 5.74) is 2.10. The second kappa shape index (κ2) is 4.16. The van der Waals surface area contributed by atoms with Crippen LogP contribution in [0.5, 0.6) is 5.75 Å². The van der Waals surface area contributed by atoms with Crippen molar-refractivity contribution < 1.29 is 9.53 Å². The first kappa shape index (κ1) is 11.0. The van der Waals surface area contributed by atoms with Gasteiger partial charge in [0.1, 0.15) is 11.9 Å². The molecule has 2 rings (SSSR count). The zero-order valence-electron chi connectivity index (χ0n) is 9.99. The van der Waals surface area contributed by atoms with Gasteiger partial charge in [-0.25, -0.2) is 0 Å². The minimum absolute atomic E-state index is 0.0522. The fourth-order valence-corrected chi connectivity index (χ4v) is 1.92. The Kier molecular flexibility index (Phi) is 2.86. The Labute approximate surface area is 96.0 Å². The fraction of sp³-hybridized carbons (Fsp3) is 0.462. The van der Waals surface area contributed by atoms with E-state index in [-0.39, 0.29) is 12.0 Å². The van der Waals surface area contributed by atoms with Crippen molar-refractivity contribution in [1.29, 1.82) is 0 Å². The molecule has 1 aromatic rings. The van der Waals surface area contributed by atoms with Crippen LogP contribution in [0.15, 0.2) is 18.2 Å². The van der Waals surface area contributed by atoms with Gasteiger partial charge in [0.05, 0.1) is 12.1 Å². The van der Waals surface area contributed by atoms with Crippen LogP contribution in [0.3, 0.4) is 0 Å². The highest BCUT2D eigenvalue weighted by atomic mass is 16.5. The van der Waals surface area contributed by atoms with E-state index in [4.69, 9.17) is 4.74 Å². The minimum atomic E-state index is -0.0522. The molecule has 1 aliphatic heterocycles. The first-order chi connectivity index (χ1) is 7.61. The van der Waals surface area contributed by atoms with Crippen molar-refractivity contribution >= 4 is 11.6 Å². The maximum Gasteiger partial charge on any atom is 0.230 e. The van der Waals surface area contributed by atoms with Crippen LogP contribution >= 0.6 is 0 Å². The number of carbonyl (C=O) groups excluding carboxylic acids is 1. The van der Waals surface area contributed by atoms with Crippen LogP contribution < -0.4 is 9.64 Å². The fourth-order valence-electron chi connectivity index (χ4n) is 1.92. The van der Waals surface area contributed by atoms with E-state index in [0.29, 0.717) is 6.42 Å². The molecule has 3 heteroatoms. The van der Waals surface area contributed by atoms with Crippen LogP contribution in [0.2, 0.25) is 0 Å². The number of rotatable bonds is 1. The second-order valence-corrected chi connectivity index (χ2v) is 4.24. The van der Waals surface area contributed by atoms with E-state index in [1.807, 2.05) is 26.1 Å². The predicted octanol–water partition coefficient (Wildman–Crippen LogP) is 2.38. The van der Waals surface area contributed by atoms with Crippen LogP contribution in [-0.2, 0) is 11.2 Å². The summed E-state index contributed by atoms with van der Waals surface area (Å²) in [6.45, 7) is 4.03. The summed E-state index contributed by atoms with van der Waals surface area (Å²) >= 11 is 0. The third kappa shape index (κ3) is 1.90. The third-order valence-corrected chi connectivity index (χ3v) is 2.96. The number of amides is 1. The number of benzene rings is 1. The lowest BCUT2D eigenvalue weighted by Crippen LogP contribution is -2.27. The van der Waals surface area contributed by atoms with Gasteiger partial charge in [-0.05, 0) is 31.0 Å². The molecule has 0 aliphatic carbocycles. The van der Waals surface area contributed by atoms with E-state index in [0.717, 1.165) is 17.9 Å². The average Bonchev–Trinajstić information content (AvgIpc) is 2.37. The summed E-state index contributed by atoms with van der Waals surface area (Å²) in [7, 11) is 1.81. The van der Waals surface area contributed by atoms with Gasteiger partial charge in [-0.15, -0.1) is 0 Å². The molecule has 1 atom stereocenters. The molecule has 0 saturated carbocycles. The molecule has 1 amide bonds. The van der Waals surface area contributed by atoms with Gasteiger partial charge in [0.25, 0.3) is 0 Å². The molecule has 3 nitrogen and oxygen atoms in total. The van der Waals surface area contributed by atoms with Crippen molar-refractivity contribution in [3.63, 3.8) is 0 Å². The Balaban J connectivity index is 2.47. The lowest BCUT2D eigenvalue weighted by atomic mass is 10.1. The Morgan fingerprint density at radius 1 is 1.50 bits per heavy atom. The van der Waals surface area contributed by atoms with Gasteiger partial charge in [0.15, 0.2) is 0 Å². The van der Waals surface area contributed by atoms with E-state index in [2.05, 4.69) is 13.0 Å². The van der Waals surface area contributed by atoms with Crippen molar-refractivity contribution in [2.45, 2.75) is 32.8 Å². The molecule has 0 aromatic heterocycles. The maximum absolute atomic E-state index is 11.8. The minimum Gasteiger partial charge on any atom is -0.488 e. The van der Waals surface area contributed by atoms with Crippen molar-refractivity contribution in [2.75, 3.05) is 11.9 Å². The summed E-state index contributed by atoms with van der Waals surface area (Å²) < 4.78 is 5.73. The molecule has 0 radical (unpaired) electrons. The molecule has 1 unspecified atom stereocenters. The Bertz CT molecular complexity index is 414. The van der Waals surface area contributed by atoms with Gasteiger partial charge in [-0.3, -0.25) is 4.79 Å². The standard InChI is InChI=1S/C13H17NO2/c1-4-10-5-6-12-11(8-10)14(3)13(15)7-9(2)16-12/h5-6,8-9H,4,7H2,1-3H3. The van der Waals surface area contributed by atoms with Crippen molar-refractivity contribution in [2.24, 2.45) is 0 Å². The molecule has 0 bridgehead atoms. The number of carbonyl (C=O) groups is 1. The lowest BCUT2D eigenvalue weighted by molar-refractivity contribution is -0.119. The molecule has 86 valence electrons. The molecule has 1 aromatic carbocycles. The van der Waals surface area contributed by atoms with Gasteiger partial charge in [0, 0.05) is 7.05 Å². The number of ether oxygens (including phenoxy) is 1. The molecular formula is C13H17NO2. The molecule has 0 fully saturated rings. The van der Waals surface area contributed by atoms with Crippen molar-refractivity contribution in [3.8, 4) is 5.75 Å². The molecule has 1 heterocycles. The van der Waals surface area contributed by atoms with Gasteiger partial charge >= 0.3 is 0 Å². The van der Waals surface area contributed by atoms with E-state index in [1.165, 1.54) is 5.56 Å². The number of anilines is 1. The zero-order valence-corrected chi connectivity index (χ0v) is 9.99. The van der Waals surface area contributed by atoms with Crippen molar-refractivity contribution in [1.82, 2.24) is 0 Å². The predicted molar refractivity (Wildman–Crippen MR) is 63.9 cm³/mol. The monoisotopic (exact) mass is 219 g/mol. The largest absolute Gasteiger partial charge is 0.488 e. The smallest absolute Gasteiger partial charge is 0.230 e. The van der Waals surface area contributed by atoms with Gasteiger partial charge in [-0.2, -0.15) is 0 Å². The van der Waals surface area contributed by atoms with Gasteiger partial charge in [0.2, 0.25) is 5.91 Å². The molecule has 0 N–H and O–H groups in total. The van der Waals surface area contributed by atoms with Crippen LogP contribution in [0.1, 0.15) is 25.8 Å². The first-order valence-corrected chi connectivity index (χ1v) is 5.68. The highest BCUT2D eigenvalue weighted by Gasteiger charge is 2.23. The maximum atomic E-state index is 11.8. The van der Waals surface area contributed by atoms with Crippen molar-refractivity contribution in [3.05, 3.63) is 23.8 Å². The highest BCUT2D eigenvalue weighted by Crippen LogP contribution is 2.33. The molecule has 1 aliphatic rings. The number of hydrogen-bond donors (Lipinski definition) is 0. The zero-order chi connectivity index (χ0) is 11.7. The lowest BCUT2D eigenvalue weighted by Gasteiger charge is -2.17. The third-order valence-electron chi connectivity index (χ3n) is 2.96. The van der Waals surface area contributed by atoms with E-state index < -0.39 is 0 Å². The van der Waals surface area contributed by atoms with Crippen LogP contribution in [0, 0.1) is 0 Å². The summed E-state index contributed by atoms with van der Waals surface area (Å²) in [4.78, 5) is 13.5. The topological polar surface area (TPSA) is 29.5 Å². The van der Waals surface area contributed by atoms with Crippen LogP contribution in [0.25, 0.3) is 0 Å². The highest BCUT2D eigenvalue weighted by molar-refractivity contribution is 5.95. The molecule has 16 heavy (non-hydrogen) atoms. The normalized spacial score (nSPS) is 20.1. The Morgan fingerprint density at radius 3 is 2.94 bits per heavy atom. The van der Waals surface area contributed by atoms with Gasteiger partial charge in [-0.1, -0.05) is 13.0 Å². The van der Waals surface area contributed by atoms with Crippen LogP contribution in [0.4, 0.5) is 5.69 Å². The van der Waals surface area contributed by atoms with Crippen LogP contribution in [-0.4, -0.2) is 19.1 Å². The number of fused-ring (bicyclic) bond motifs is 1. The van der Waals surface area contributed by atoms with E-state index in [9.17, 15) is 4.79 Å². The Hall–Kier alpha value is -1.51. The summed E-state index contributed by atoms with van der Waals surface area (Å²) in [5, 5.41) is 0. The Morgan fingerprint density at radius 2 is 2.25 bits per heavy atom. The summed E-state index contributed by atoms with van der Waals surface area (Å²) in [5.74, 6) is 0.914. The number of aryl methyl sites for hydroxylation is 1.